The number of nitrogens with one attached hydrogen (secondary N) is 2. The summed E-state index contributed by atoms with van der Waals surface area (Å²) in [6, 6.07) is 5.28. The number of piperazine rings is 1. The van der Waals surface area contributed by atoms with E-state index in [2.05, 4.69) is 20.5 Å². The summed E-state index contributed by atoms with van der Waals surface area (Å²) >= 11 is 0. The van der Waals surface area contributed by atoms with Crippen LogP contribution in [0, 0.1) is 5.41 Å². The van der Waals surface area contributed by atoms with Crippen molar-refractivity contribution in [2.24, 2.45) is 5.41 Å². The first-order valence-corrected chi connectivity index (χ1v) is 16.7. The van der Waals surface area contributed by atoms with Crippen LogP contribution in [-0.4, -0.2) is 95.1 Å². The van der Waals surface area contributed by atoms with Gasteiger partial charge in [0.1, 0.15) is 28.4 Å². The molecule has 2 aromatic heterocycles. The quantitative estimate of drug-likeness (QED) is 0.437. The molecule has 4 bridgehead atoms. The maximum atomic E-state index is 15.8. The molecule has 0 unspecified atom stereocenters. The molecule has 4 saturated carbocycles. The number of nitrogens with zero attached hydrogens (tertiary/aromatic N) is 4. The Labute approximate surface area is 267 Å². The van der Waals surface area contributed by atoms with Crippen molar-refractivity contribution in [3.8, 4) is 17.0 Å². The highest BCUT2D eigenvalue weighted by molar-refractivity contribution is 5.99. The Morgan fingerprint density at radius 1 is 1.07 bits per heavy atom. The molecule has 4 heterocycles. The van der Waals surface area contributed by atoms with E-state index in [1.165, 1.54) is 0 Å². The van der Waals surface area contributed by atoms with Crippen LogP contribution in [0.5, 0.6) is 5.75 Å². The van der Waals surface area contributed by atoms with Crippen molar-refractivity contribution in [2.45, 2.75) is 94.3 Å². The molecule has 8 rings (SSSR count). The highest BCUT2D eigenvalue weighted by Gasteiger charge is 2.72. The Morgan fingerprint density at radius 2 is 1.78 bits per heavy atom. The zero-order valence-electron chi connectivity index (χ0n) is 26.6. The van der Waals surface area contributed by atoms with Gasteiger partial charge in [0.15, 0.2) is 5.69 Å². The van der Waals surface area contributed by atoms with Crippen molar-refractivity contribution < 1.29 is 27.5 Å². The molecule has 2 aromatic rings. The van der Waals surface area contributed by atoms with Crippen LogP contribution in [0.1, 0.15) is 75.7 Å². The van der Waals surface area contributed by atoms with Crippen LogP contribution in [0.4, 0.5) is 18.9 Å². The topological polar surface area (TPSA) is 99.7 Å². The third-order valence-electron chi connectivity index (χ3n) is 10.7. The number of hydrogen-bond donors (Lipinski definition) is 2. The van der Waals surface area contributed by atoms with Gasteiger partial charge < -0.3 is 25.2 Å². The molecule has 46 heavy (non-hydrogen) atoms. The van der Waals surface area contributed by atoms with E-state index < -0.39 is 22.4 Å². The number of rotatable bonds is 8. The van der Waals surface area contributed by atoms with Gasteiger partial charge in [0.25, 0.3) is 5.91 Å². The Kier molecular flexibility index (Phi) is 7.72. The first kappa shape index (κ1) is 31.2. The molecule has 0 radical (unpaired) electrons. The third-order valence-corrected chi connectivity index (χ3v) is 10.7. The molecule has 6 fully saturated rings. The van der Waals surface area contributed by atoms with Gasteiger partial charge in [-0.05, 0) is 57.7 Å². The fourth-order valence-corrected chi connectivity index (χ4v) is 9.42. The molecule has 2 saturated heterocycles. The van der Waals surface area contributed by atoms with Gasteiger partial charge in [0, 0.05) is 81.5 Å². The number of anilines is 1. The minimum Gasteiger partial charge on any atom is -0.492 e. The Bertz CT molecular complexity index is 1450. The van der Waals surface area contributed by atoms with Crippen molar-refractivity contribution in [1.82, 2.24) is 25.5 Å². The van der Waals surface area contributed by atoms with Crippen molar-refractivity contribution in [3.63, 3.8) is 0 Å². The normalized spacial score (nSPS) is 35.0. The van der Waals surface area contributed by atoms with Crippen LogP contribution in [0.25, 0.3) is 11.3 Å². The minimum absolute atomic E-state index is 0.0244. The summed E-state index contributed by atoms with van der Waals surface area (Å²) in [7, 11) is 0. The van der Waals surface area contributed by atoms with Crippen LogP contribution < -0.4 is 20.3 Å². The monoisotopic (exact) mass is 640 g/mol. The molecule has 6 aliphatic rings. The molecular weight excluding hydrogens is 597 g/mol. The van der Waals surface area contributed by atoms with Gasteiger partial charge in [-0.25, -0.2) is 18.2 Å². The van der Waals surface area contributed by atoms with E-state index in [-0.39, 0.29) is 81.2 Å². The van der Waals surface area contributed by atoms with E-state index in [0.29, 0.717) is 48.8 Å². The van der Waals surface area contributed by atoms with Crippen LogP contribution in [0.3, 0.4) is 0 Å². The van der Waals surface area contributed by atoms with Gasteiger partial charge in [0.2, 0.25) is 5.91 Å². The van der Waals surface area contributed by atoms with E-state index in [4.69, 9.17) is 9.72 Å². The number of amides is 2. The first-order valence-electron chi connectivity index (χ1n) is 16.7. The number of carbonyl (C=O) groups excluding carboxylic acids is 2. The van der Waals surface area contributed by atoms with Crippen LogP contribution in [0.2, 0.25) is 0 Å². The largest absolute Gasteiger partial charge is 0.492 e. The lowest BCUT2D eigenvalue weighted by Gasteiger charge is -2.63. The number of hydrogen-bond acceptors (Lipinski definition) is 7. The van der Waals surface area contributed by atoms with Crippen LogP contribution >= 0.6 is 0 Å². The van der Waals surface area contributed by atoms with Gasteiger partial charge in [0.05, 0.1) is 17.7 Å². The highest BCUT2D eigenvalue weighted by Crippen LogP contribution is 2.68. The standard InChI is InChI=1S/C34H43F3N6O3/c1-3-24-15-42(30(45)31-16-32(35)19-33(36,17-31)21-34(37,18-31)20-32)10-11-43(24)25-12-26(46-4-2)27(22-6-5-8-38-13-22)41-28(25)29(44)40-23-7-9-39-14-23/h5-6,8,12-13,23-24,39H,3-4,7,9-11,14-21H2,1-2H3,(H,40,44)/t23-,24-,31?,32?,33?,34?/m1/s1. The summed E-state index contributed by atoms with van der Waals surface area (Å²) in [6.07, 6.45) is 3.47. The molecule has 2 aliphatic heterocycles. The summed E-state index contributed by atoms with van der Waals surface area (Å²) in [4.78, 5) is 41.0. The van der Waals surface area contributed by atoms with Crippen molar-refractivity contribution in [3.05, 3.63) is 36.3 Å². The maximum absolute atomic E-state index is 15.8. The summed E-state index contributed by atoms with van der Waals surface area (Å²) < 4.78 is 53.4. The first-order chi connectivity index (χ1) is 22.0. The van der Waals surface area contributed by atoms with E-state index in [1.807, 2.05) is 26.0 Å². The predicted octanol–water partition coefficient (Wildman–Crippen LogP) is 4.55. The van der Waals surface area contributed by atoms with E-state index in [9.17, 15) is 9.59 Å². The molecule has 9 nitrogen and oxygen atoms in total. The molecule has 4 aliphatic carbocycles. The molecule has 2 amide bonds. The Hall–Kier alpha value is -3.41. The van der Waals surface area contributed by atoms with Crippen LogP contribution in [0.15, 0.2) is 30.6 Å². The summed E-state index contributed by atoms with van der Waals surface area (Å²) in [5.41, 5.74) is -5.26. The Balaban J connectivity index is 1.21. The fourth-order valence-electron chi connectivity index (χ4n) is 9.42. The summed E-state index contributed by atoms with van der Waals surface area (Å²) in [5, 5.41) is 6.41. The highest BCUT2D eigenvalue weighted by atomic mass is 19.2. The number of halogens is 3. The average Bonchev–Trinajstić information content (AvgIpc) is 3.51. The second kappa shape index (κ2) is 11.4. The number of pyridine rings is 2. The molecule has 248 valence electrons. The second-order valence-electron chi connectivity index (χ2n) is 14.3. The smallest absolute Gasteiger partial charge is 0.272 e. The minimum atomic E-state index is -1.99. The maximum Gasteiger partial charge on any atom is 0.272 e. The number of carbonyl (C=O) groups is 2. The van der Waals surface area contributed by atoms with Crippen molar-refractivity contribution in [2.75, 3.05) is 44.2 Å². The molecule has 0 aromatic carbocycles. The van der Waals surface area contributed by atoms with Crippen molar-refractivity contribution in [1.29, 1.82) is 0 Å². The predicted molar refractivity (Wildman–Crippen MR) is 167 cm³/mol. The summed E-state index contributed by atoms with van der Waals surface area (Å²) in [5.74, 6) is -0.127. The van der Waals surface area contributed by atoms with Crippen molar-refractivity contribution >= 4 is 17.5 Å². The van der Waals surface area contributed by atoms with Gasteiger partial charge in [-0.1, -0.05) is 6.92 Å². The lowest BCUT2D eigenvalue weighted by atomic mass is 9.46. The van der Waals surface area contributed by atoms with E-state index >= 15 is 13.2 Å². The number of ether oxygens (including phenoxy) is 1. The zero-order chi connectivity index (χ0) is 32.3. The molecule has 12 heteroatoms. The number of aromatic nitrogens is 2. The van der Waals surface area contributed by atoms with Gasteiger partial charge in [-0.2, -0.15) is 0 Å². The molecule has 2 N–H and O–H groups in total. The summed E-state index contributed by atoms with van der Waals surface area (Å²) in [6.45, 7) is 6.70. The average molecular weight is 641 g/mol. The fraction of sp³-hybridized carbons (Fsp3) is 0.647. The Morgan fingerprint density at radius 3 is 2.37 bits per heavy atom. The van der Waals surface area contributed by atoms with Gasteiger partial charge in [-0.15, -0.1) is 0 Å². The number of alkyl halides is 3. The lowest BCUT2D eigenvalue weighted by Crippen LogP contribution is -2.69. The third kappa shape index (κ3) is 5.50. The van der Waals surface area contributed by atoms with Gasteiger partial charge >= 0.3 is 0 Å². The lowest BCUT2D eigenvalue weighted by molar-refractivity contribution is -0.221. The molecular formula is C34H43F3N6O3. The van der Waals surface area contributed by atoms with E-state index in [1.54, 1.807) is 23.4 Å². The van der Waals surface area contributed by atoms with Gasteiger partial charge in [-0.3, -0.25) is 14.6 Å². The van der Waals surface area contributed by atoms with Crippen LogP contribution in [-0.2, 0) is 4.79 Å². The second-order valence-corrected chi connectivity index (χ2v) is 14.3. The SMILES string of the molecule is CCOc1cc(N2CCN(C(=O)C34CC5(F)CC(F)(CC(F)(C5)C3)C4)C[C@H]2CC)c(C(=O)N[C@@H]2CCNC2)nc1-c1cccnc1. The molecule has 2 atom stereocenters. The zero-order valence-corrected chi connectivity index (χ0v) is 26.6. The molecule has 0 spiro atoms. The van der Waals surface area contributed by atoms with E-state index in [0.717, 1.165) is 13.0 Å².